The first-order valence-electron chi connectivity index (χ1n) is 7.21. The molecule has 0 aromatic carbocycles. The second-order valence-electron chi connectivity index (χ2n) is 5.13. The molecule has 110 valence electrons. The van der Waals surface area contributed by atoms with Crippen LogP contribution in [0.4, 0.5) is 0 Å². The molecule has 2 amide bonds. The van der Waals surface area contributed by atoms with E-state index in [2.05, 4.69) is 12.2 Å². The quantitative estimate of drug-likeness (QED) is 0.727. The Morgan fingerprint density at radius 2 is 2.05 bits per heavy atom. The van der Waals surface area contributed by atoms with E-state index in [1.54, 1.807) is 4.90 Å². The topological polar surface area (TPSA) is 49.4 Å². The zero-order valence-corrected chi connectivity index (χ0v) is 13.3. The number of rotatable bonds is 7. The van der Waals surface area contributed by atoms with Crippen molar-refractivity contribution in [3.63, 3.8) is 0 Å². The fraction of sp³-hybridized carbons (Fsp3) is 0.857. The molecule has 5 heteroatoms. The zero-order chi connectivity index (χ0) is 14.4. The van der Waals surface area contributed by atoms with Gasteiger partial charge < -0.3 is 10.2 Å². The number of carbonyl (C=O) groups excluding carboxylic acids is 2. The molecular formula is C14H26N2O2S. The number of piperazine rings is 1. The largest absolute Gasteiger partial charge is 0.342 e. The molecule has 19 heavy (non-hydrogen) atoms. The van der Waals surface area contributed by atoms with Crippen molar-refractivity contribution in [1.82, 2.24) is 10.2 Å². The minimum Gasteiger partial charge on any atom is -0.342 e. The molecule has 1 N–H and O–H groups in total. The summed E-state index contributed by atoms with van der Waals surface area (Å²) in [5, 5.41) is 2.86. The van der Waals surface area contributed by atoms with Crippen molar-refractivity contribution in [3.05, 3.63) is 0 Å². The van der Waals surface area contributed by atoms with Gasteiger partial charge in [-0.15, -0.1) is 0 Å². The molecule has 0 radical (unpaired) electrons. The SMILES string of the molecule is CCSCCCN1C(=O)C(C(C)CC)NC(=O)C1C. The Labute approximate surface area is 120 Å². The maximum Gasteiger partial charge on any atom is 0.246 e. The molecule has 1 rings (SSSR count). The van der Waals surface area contributed by atoms with Crippen LogP contribution >= 0.6 is 11.8 Å². The molecule has 0 aromatic rings. The lowest BCUT2D eigenvalue weighted by Crippen LogP contribution is -2.64. The van der Waals surface area contributed by atoms with Crippen LogP contribution < -0.4 is 5.32 Å². The van der Waals surface area contributed by atoms with Crippen molar-refractivity contribution >= 4 is 23.6 Å². The number of carbonyl (C=O) groups is 2. The van der Waals surface area contributed by atoms with Gasteiger partial charge in [-0.05, 0) is 30.8 Å². The van der Waals surface area contributed by atoms with Gasteiger partial charge in [0.05, 0.1) is 0 Å². The third-order valence-electron chi connectivity index (χ3n) is 3.80. The highest BCUT2D eigenvalue weighted by Gasteiger charge is 2.39. The molecule has 1 heterocycles. The van der Waals surface area contributed by atoms with Gasteiger partial charge in [0.2, 0.25) is 11.8 Å². The monoisotopic (exact) mass is 286 g/mol. The Kier molecular flexibility index (Phi) is 6.69. The van der Waals surface area contributed by atoms with E-state index >= 15 is 0 Å². The third-order valence-corrected chi connectivity index (χ3v) is 4.78. The van der Waals surface area contributed by atoms with Gasteiger partial charge in [0.25, 0.3) is 0 Å². The van der Waals surface area contributed by atoms with E-state index in [-0.39, 0.29) is 29.8 Å². The lowest BCUT2D eigenvalue weighted by Gasteiger charge is -2.39. The molecule has 4 nitrogen and oxygen atoms in total. The first kappa shape index (κ1) is 16.3. The van der Waals surface area contributed by atoms with Crippen LogP contribution in [0.15, 0.2) is 0 Å². The van der Waals surface area contributed by atoms with Crippen LogP contribution in [0.2, 0.25) is 0 Å². The van der Waals surface area contributed by atoms with Crippen LogP contribution in [0.25, 0.3) is 0 Å². The molecule has 3 unspecified atom stereocenters. The molecule has 0 bridgehead atoms. The second kappa shape index (κ2) is 7.78. The Balaban J connectivity index is 2.64. The summed E-state index contributed by atoms with van der Waals surface area (Å²) in [5.74, 6) is 2.40. The van der Waals surface area contributed by atoms with Crippen LogP contribution in [0.1, 0.15) is 40.5 Å². The van der Waals surface area contributed by atoms with Crippen molar-refractivity contribution in [1.29, 1.82) is 0 Å². The smallest absolute Gasteiger partial charge is 0.246 e. The van der Waals surface area contributed by atoms with Crippen molar-refractivity contribution in [3.8, 4) is 0 Å². The Bertz CT molecular complexity index is 323. The lowest BCUT2D eigenvalue weighted by molar-refractivity contribution is -0.150. The Hall–Kier alpha value is -0.710. The first-order valence-corrected chi connectivity index (χ1v) is 8.36. The van der Waals surface area contributed by atoms with Crippen LogP contribution in [-0.4, -0.2) is 46.8 Å². The van der Waals surface area contributed by atoms with E-state index in [4.69, 9.17) is 0 Å². The first-order chi connectivity index (χ1) is 9.02. The normalized spacial score (nSPS) is 25.4. The van der Waals surface area contributed by atoms with Gasteiger partial charge in [0.15, 0.2) is 0 Å². The fourth-order valence-electron chi connectivity index (χ4n) is 2.25. The van der Waals surface area contributed by atoms with Gasteiger partial charge in [-0.2, -0.15) is 11.8 Å². The predicted octanol–water partition coefficient (Wildman–Crippen LogP) is 1.89. The van der Waals surface area contributed by atoms with Crippen molar-refractivity contribution in [2.24, 2.45) is 5.92 Å². The van der Waals surface area contributed by atoms with Gasteiger partial charge in [-0.1, -0.05) is 27.2 Å². The summed E-state index contributed by atoms with van der Waals surface area (Å²) in [6.07, 6.45) is 1.85. The van der Waals surface area contributed by atoms with E-state index in [1.807, 2.05) is 32.5 Å². The molecule has 3 atom stereocenters. The van der Waals surface area contributed by atoms with Gasteiger partial charge in [0, 0.05) is 6.54 Å². The summed E-state index contributed by atoms with van der Waals surface area (Å²) in [7, 11) is 0. The van der Waals surface area contributed by atoms with E-state index in [1.165, 1.54) is 0 Å². The van der Waals surface area contributed by atoms with Crippen molar-refractivity contribution in [2.75, 3.05) is 18.1 Å². The van der Waals surface area contributed by atoms with Gasteiger partial charge in [0.1, 0.15) is 12.1 Å². The minimum atomic E-state index is -0.340. The molecule has 1 aliphatic heterocycles. The number of hydrogen-bond donors (Lipinski definition) is 1. The molecule has 0 spiro atoms. The summed E-state index contributed by atoms with van der Waals surface area (Å²) in [4.78, 5) is 26.2. The number of hydrogen-bond acceptors (Lipinski definition) is 3. The third kappa shape index (κ3) is 4.13. The molecule has 1 aliphatic rings. The van der Waals surface area contributed by atoms with Crippen LogP contribution in [0, 0.1) is 5.92 Å². The number of nitrogens with one attached hydrogen (secondary N) is 1. The summed E-state index contributed by atoms with van der Waals surface area (Å²) >= 11 is 1.87. The molecule has 0 saturated carbocycles. The minimum absolute atomic E-state index is 0.0203. The highest BCUT2D eigenvalue weighted by molar-refractivity contribution is 7.99. The molecule has 1 saturated heterocycles. The van der Waals surface area contributed by atoms with E-state index < -0.39 is 0 Å². The van der Waals surface area contributed by atoms with Gasteiger partial charge >= 0.3 is 0 Å². The summed E-state index contributed by atoms with van der Waals surface area (Å²) in [5.41, 5.74) is 0. The molecule has 1 fully saturated rings. The van der Waals surface area contributed by atoms with E-state index in [0.717, 1.165) is 24.3 Å². The summed E-state index contributed by atoms with van der Waals surface area (Å²) in [6.45, 7) is 8.69. The summed E-state index contributed by atoms with van der Waals surface area (Å²) in [6, 6.07) is -0.674. The van der Waals surface area contributed by atoms with Crippen LogP contribution in [0.3, 0.4) is 0 Å². The maximum atomic E-state index is 12.4. The summed E-state index contributed by atoms with van der Waals surface area (Å²) < 4.78 is 0. The Morgan fingerprint density at radius 1 is 1.37 bits per heavy atom. The average Bonchev–Trinajstić information content (AvgIpc) is 2.41. The number of amides is 2. The standard InChI is InChI=1S/C14H26N2O2S/c1-5-10(3)12-14(18)16(8-7-9-19-6-2)11(4)13(17)15-12/h10-12H,5-9H2,1-4H3,(H,15,17). The molecule has 0 aliphatic carbocycles. The fourth-order valence-corrected chi connectivity index (χ4v) is 2.88. The Morgan fingerprint density at radius 3 is 2.63 bits per heavy atom. The van der Waals surface area contributed by atoms with Crippen LogP contribution in [-0.2, 0) is 9.59 Å². The number of nitrogens with zero attached hydrogens (tertiary/aromatic N) is 1. The van der Waals surface area contributed by atoms with E-state index in [0.29, 0.717) is 6.54 Å². The predicted molar refractivity (Wildman–Crippen MR) is 80.2 cm³/mol. The highest BCUT2D eigenvalue weighted by atomic mass is 32.2. The number of thioether (sulfide) groups is 1. The molecule has 0 aromatic heterocycles. The van der Waals surface area contributed by atoms with Crippen LogP contribution in [0.5, 0.6) is 0 Å². The van der Waals surface area contributed by atoms with Gasteiger partial charge in [-0.3, -0.25) is 9.59 Å². The highest BCUT2D eigenvalue weighted by Crippen LogP contribution is 2.18. The lowest BCUT2D eigenvalue weighted by atomic mass is 9.94. The zero-order valence-electron chi connectivity index (χ0n) is 12.4. The van der Waals surface area contributed by atoms with Crippen molar-refractivity contribution < 1.29 is 9.59 Å². The van der Waals surface area contributed by atoms with Crippen molar-refractivity contribution in [2.45, 2.75) is 52.6 Å². The second-order valence-corrected chi connectivity index (χ2v) is 6.52. The average molecular weight is 286 g/mol. The van der Waals surface area contributed by atoms with Gasteiger partial charge in [-0.25, -0.2) is 0 Å². The van der Waals surface area contributed by atoms with E-state index in [9.17, 15) is 9.59 Å². The molecular weight excluding hydrogens is 260 g/mol. The maximum absolute atomic E-state index is 12.4.